The molecule has 20 heavy (non-hydrogen) atoms. The van der Waals surface area contributed by atoms with Gasteiger partial charge in [0.2, 0.25) is 5.88 Å². The minimum atomic E-state index is -0.167. The molecule has 1 aromatic carbocycles. The number of aromatic nitrogens is 1. The first-order valence-electron chi connectivity index (χ1n) is 6.71. The van der Waals surface area contributed by atoms with Gasteiger partial charge in [-0.25, -0.2) is 9.37 Å². The molecule has 2 aromatic rings. The third kappa shape index (κ3) is 3.54. The molecule has 1 aromatic heterocycles. The smallest absolute Gasteiger partial charge is 0.212 e. The average Bonchev–Trinajstić information content (AvgIpc) is 2.50. The van der Waals surface area contributed by atoms with Crippen LogP contribution < -0.4 is 10.1 Å². The Morgan fingerprint density at radius 3 is 2.65 bits per heavy atom. The number of hydrogen-bond acceptors (Lipinski definition) is 3. The standard InChI is InChI=1S/C16H19FN2O/c1-3-15(13-6-4-5-7-14(13)17)18-10-12-8-9-16(20-2)19-11-12/h4-9,11,15,18H,3,10H2,1-2H3. The summed E-state index contributed by atoms with van der Waals surface area (Å²) in [7, 11) is 1.59. The summed E-state index contributed by atoms with van der Waals surface area (Å²) < 4.78 is 18.8. The second-order valence-electron chi connectivity index (χ2n) is 4.57. The van der Waals surface area contributed by atoms with Crippen LogP contribution in [0.5, 0.6) is 5.88 Å². The molecule has 0 saturated heterocycles. The van der Waals surface area contributed by atoms with Crippen LogP contribution in [0.1, 0.15) is 30.5 Å². The lowest BCUT2D eigenvalue weighted by atomic mass is 10.0. The number of nitrogens with zero attached hydrogens (tertiary/aromatic N) is 1. The Hall–Kier alpha value is -1.94. The number of hydrogen-bond donors (Lipinski definition) is 1. The van der Waals surface area contributed by atoms with Gasteiger partial charge in [0.15, 0.2) is 0 Å². The molecule has 106 valence electrons. The summed E-state index contributed by atoms with van der Waals surface area (Å²) in [6, 6.07) is 10.7. The van der Waals surface area contributed by atoms with Crippen LogP contribution in [0.3, 0.4) is 0 Å². The first kappa shape index (κ1) is 14.5. The van der Waals surface area contributed by atoms with Crippen molar-refractivity contribution < 1.29 is 9.13 Å². The van der Waals surface area contributed by atoms with Crippen molar-refractivity contribution >= 4 is 0 Å². The predicted molar refractivity (Wildman–Crippen MR) is 77.1 cm³/mol. The van der Waals surface area contributed by atoms with Crippen molar-refractivity contribution in [2.24, 2.45) is 0 Å². The number of pyridine rings is 1. The van der Waals surface area contributed by atoms with E-state index in [4.69, 9.17) is 4.74 Å². The van der Waals surface area contributed by atoms with E-state index in [9.17, 15) is 4.39 Å². The van der Waals surface area contributed by atoms with E-state index < -0.39 is 0 Å². The van der Waals surface area contributed by atoms with Crippen LogP contribution in [0.25, 0.3) is 0 Å². The molecule has 0 radical (unpaired) electrons. The van der Waals surface area contributed by atoms with Crippen LogP contribution in [-0.2, 0) is 6.54 Å². The van der Waals surface area contributed by atoms with Gasteiger partial charge in [-0.3, -0.25) is 0 Å². The molecule has 0 saturated carbocycles. The fraction of sp³-hybridized carbons (Fsp3) is 0.312. The maximum atomic E-state index is 13.8. The molecule has 0 amide bonds. The second kappa shape index (κ2) is 7.01. The Morgan fingerprint density at radius 1 is 1.25 bits per heavy atom. The average molecular weight is 274 g/mol. The Bertz CT molecular complexity index is 542. The summed E-state index contributed by atoms with van der Waals surface area (Å²) >= 11 is 0. The minimum absolute atomic E-state index is 0.00157. The van der Waals surface area contributed by atoms with Crippen LogP contribution in [-0.4, -0.2) is 12.1 Å². The van der Waals surface area contributed by atoms with Crippen molar-refractivity contribution in [1.29, 1.82) is 0 Å². The number of halogens is 1. The Morgan fingerprint density at radius 2 is 2.05 bits per heavy atom. The first-order valence-corrected chi connectivity index (χ1v) is 6.71. The van der Waals surface area contributed by atoms with E-state index in [0.29, 0.717) is 18.0 Å². The molecular weight excluding hydrogens is 255 g/mol. The van der Waals surface area contributed by atoms with Gasteiger partial charge in [-0.1, -0.05) is 31.2 Å². The van der Waals surface area contributed by atoms with E-state index in [2.05, 4.69) is 10.3 Å². The molecule has 1 unspecified atom stereocenters. The highest BCUT2D eigenvalue weighted by atomic mass is 19.1. The highest BCUT2D eigenvalue weighted by molar-refractivity contribution is 5.22. The summed E-state index contributed by atoms with van der Waals surface area (Å²) in [5, 5.41) is 3.36. The van der Waals surface area contributed by atoms with Gasteiger partial charge in [-0.15, -0.1) is 0 Å². The monoisotopic (exact) mass is 274 g/mol. The van der Waals surface area contributed by atoms with Crippen molar-refractivity contribution in [3.63, 3.8) is 0 Å². The van der Waals surface area contributed by atoms with Crippen LogP contribution in [0.2, 0.25) is 0 Å². The molecule has 0 bridgehead atoms. The van der Waals surface area contributed by atoms with Gasteiger partial charge < -0.3 is 10.1 Å². The molecule has 0 fully saturated rings. The van der Waals surface area contributed by atoms with Gasteiger partial charge in [0.25, 0.3) is 0 Å². The summed E-state index contributed by atoms with van der Waals surface area (Å²) in [6.07, 6.45) is 2.59. The zero-order valence-electron chi connectivity index (χ0n) is 11.8. The zero-order chi connectivity index (χ0) is 14.4. The van der Waals surface area contributed by atoms with Gasteiger partial charge in [0.1, 0.15) is 5.82 Å². The molecule has 3 nitrogen and oxygen atoms in total. The predicted octanol–water partition coefficient (Wildman–Crippen LogP) is 3.47. The zero-order valence-corrected chi connectivity index (χ0v) is 11.8. The molecule has 2 rings (SSSR count). The lowest BCUT2D eigenvalue weighted by Gasteiger charge is -2.18. The Kier molecular flexibility index (Phi) is 5.07. The normalized spacial score (nSPS) is 12.2. The van der Waals surface area contributed by atoms with Crippen LogP contribution in [0.15, 0.2) is 42.6 Å². The third-order valence-corrected chi connectivity index (χ3v) is 3.25. The molecule has 0 spiro atoms. The van der Waals surface area contributed by atoms with Crippen molar-refractivity contribution in [3.8, 4) is 5.88 Å². The Labute approximate surface area is 118 Å². The fourth-order valence-corrected chi connectivity index (χ4v) is 2.11. The van der Waals surface area contributed by atoms with Crippen molar-refractivity contribution in [2.75, 3.05) is 7.11 Å². The minimum Gasteiger partial charge on any atom is -0.481 e. The number of rotatable bonds is 6. The molecule has 0 aliphatic heterocycles. The van der Waals surface area contributed by atoms with Crippen LogP contribution >= 0.6 is 0 Å². The highest BCUT2D eigenvalue weighted by Crippen LogP contribution is 2.20. The van der Waals surface area contributed by atoms with Gasteiger partial charge in [0.05, 0.1) is 7.11 Å². The van der Waals surface area contributed by atoms with Crippen molar-refractivity contribution in [2.45, 2.75) is 25.9 Å². The summed E-state index contributed by atoms with van der Waals surface area (Å²) in [4.78, 5) is 4.15. The van der Waals surface area contributed by atoms with E-state index in [1.807, 2.05) is 31.2 Å². The van der Waals surface area contributed by atoms with Crippen LogP contribution in [0, 0.1) is 5.82 Å². The molecule has 1 atom stereocenters. The topological polar surface area (TPSA) is 34.1 Å². The largest absolute Gasteiger partial charge is 0.481 e. The van der Waals surface area contributed by atoms with Crippen LogP contribution in [0.4, 0.5) is 4.39 Å². The summed E-state index contributed by atoms with van der Waals surface area (Å²) in [6.45, 7) is 2.68. The van der Waals surface area contributed by atoms with E-state index >= 15 is 0 Å². The van der Waals surface area contributed by atoms with Gasteiger partial charge in [0, 0.05) is 30.4 Å². The maximum Gasteiger partial charge on any atom is 0.212 e. The van der Waals surface area contributed by atoms with Gasteiger partial charge in [-0.2, -0.15) is 0 Å². The number of benzene rings is 1. The number of ether oxygens (including phenoxy) is 1. The van der Waals surface area contributed by atoms with Crippen molar-refractivity contribution in [1.82, 2.24) is 10.3 Å². The first-order chi connectivity index (χ1) is 9.74. The molecular formula is C16H19FN2O. The summed E-state index contributed by atoms with van der Waals surface area (Å²) in [5.41, 5.74) is 1.75. The molecule has 4 heteroatoms. The third-order valence-electron chi connectivity index (χ3n) is 3.25. The molecule has 1 heterocycles. The van der Waals surface area contributed by atoms with Gasteiger partial charge >= 0.3 is 0 Å². The van der Waals surface area contributed by atoms with E-state index in [1.54, 1.807) is 19.4 Å². The van der Waals surface area contributed by atoms with Gasteiger partial charge in [-0.05, 0) is 18.1 Å². The van der Waals surface area contributed by atoms with E-state index in [1.165, 1.54) is 6.07 Å². The molecule has 1 N–H and O–H groups in total. The maximum absolute atomic E-state index is 13.8. The quantitative estimate of drug-likeness (QED) is 0.875. The Balaban J connectivity index is 2.02. The number of methoxy groups -OCH3 is 1. The lowest BCUT2D eigenvalue weighted by molar-refractivity contribution is 0.397. The summed E-state index contributed by atoms with van der Waals surface area (Å²) in [5.74, 6) is 0.426. The highest BCUT2D eigenvalue weighted by Gasteiger charge is 2.12. The van der Waals surface area contributed by atoms with Crippen molar-refractivity contribution in [3.05, 3.63) is 59.5 Å². The molecule has 0 aliphatic rings. The molecule has 0 aliphatic carbocycles. The SMILES string of the molecule is CCC(NCc1ccc(OC)nc1)c1ccccc1F. The fourth-order valence-electron chi connectivity index (χ4n) is 2.11. The van der Waals surface area contributed by atoms with E-state index in [-0.39, 0.29) is 11.9 Å². The lowest BCUT2D eigenvalue weighted by Crippen LogP contribution is -2.21. The van der Waals surface area contributed by atoms with E-state index in [0.717, 1.165) is 12.0 Å². The number of nitrogens with one attached hydrogen (secondary N) is 1. The second-order valence-corrected chi connectivity index (χ2v) is 4.57.